The topological polar surface area (TPSA) is 107 Å². The molecule has 1 unspecified atom stereocenters. The molecule has 18 heavy (non-hydrogen) atoms. The van der Waals surface area contributed by atoms with E-state index in [-0.39, 0.29) is 12.2 Å². The van der Waals surface area contributed by atoms with Gasteiger partial charge in [0.05, 0.1) is 38.7 Å². The van der Waals surface area contributed by atoms with E-state index in [1.807, 2.05) is 0 Å². The zero-order chi connectivity index (χ0) is 13.5. The summed E-state index contributed by atoms with van der Waals surface area (Å²) in [6, 6.07) is 0. The second-order valence-electron chi connectivity index (χ2n) is 3.64. The maximum absolute atomic E-state index is 11.5. The lowest BCUT2D eigenvalue weighted by atomic mass is 10.2. The van der Waals surface area contributed by atoms with Gasteiger partial charge in [0.2, 0.25) is 0 Å². The monoisotopic (exact) mass is 259 g/mol. The van der Waals surface area contributed by atoms with Crippen molar-refractivity contribution in [3.63, 3.8) is 0 Å². The maximum Gasteiger partial charge on any atom is 0.360 e. The molecule has 1 atom stereocenters. The summed E-state index contributed by atoms with van der Waals surface area (Å²) in [5.41, 5.74) is 0.607. The Morgan fingerprint density at radius 1 is 1.50 bits per heavy atom. The van der Waals surface area contributed by atoms with Gasteiger partial charge in [-0.3, -0.25) is 0 Å². The molecule has 1 aromatic rings. The molecular formula is C10H17N3O5. The van der Waals surface area contributed by atoms with E-state index in [0.29, 0.717) is 18.7 Å². The van der Waals surface area contributed by atoms with E-state index >= 15 is 0 Å². The Morgan fingerprint density at radius 2 is 2.22 bits per heavy atom. The summed E-state index contributed by atoms with van der Waals surface area (Å²) in [4.78, 5) is 11.5. The van der Waals surface area contributed by atoms with Crippen molar-refractivity contribution >= 4 is 5.97 Å². The molecule has 0 saturated carbocycles. The molecule has 0 aromatic carbocycles. The summed E-state index contributed by atoms with van der Waals surface area (Å²) in [7, 11) is 2.79. The van der Waals surface area contributed by atoms with Crippen molar-refractivity contribution in [2.45, 2.75) is 19.1 Å². The number of carbonyl (C=O) groups is 1. The van der Waals surface area contributed by atoms with E-state index in [1.165, 1.54) is 18.9 Å². The fourth-order valence-electron chi connectivity index (χ4n) is 1.44. The number of esters is 1. The summed E-state index contributed by atoms with van der Waals surface area (Å²) in [6.07, 6.45) is -0.551. The first kappa shape index (κ1) is 14.6. The minimum Gasteiger partial charge on any atom is -0.464 e. The SMILES string of the molecule is COCCc1c(C(=O)OC)nnn1CC(O)CO. The summed E-state index contributed by atoms with van der Waals surface area (Å²) >= 11 is 0. The summed E-state index contributed by atoms with van der Waals surface area (Å²) < 4.78 is 10.9. The number of nitrogens with zero attached hydrogens (tertiary/aromatic N) is 3. The maximum atomic E-state index is 11.5. The van der Waals surface area contributed by atoms with Crippen LogP contribution in [0.5, 0.6) is 0 Å². The summed E-state index contributed by atoms with van der Waals surface area (Å²) in [6.45, 7) is 0.0449. The predicted octanol–water partition coefficient (Wildman–Crippen LogP) is -1.39. The third-order valence-electron chi connectivity index (χ3n) is 2.35. The molecule has 1 rings (SSSR count). The van der Waals surface area contributed by atoms with Crippen LogP contribution in [0.2, 0.25) is 0 Å². The lowest BCUT2D eigenvalue weighted by Crippen LogP contribution is -2.23. The van der Waals surface area contributed by atoms with Crippen molar-refractivity contribution in [1.29, 1.82) is 0 Å². The van der Waals surface area contributed by atoms with Crippen LogP contribution in [0.1, 0.15) is 16.2 Å². The zero-order valence-electron chi connectivity index (χ0n) is 10.4. The van der Waals surface area contributed by atoms with Gasteiger partial charge in [-0.25, -0.2) is 9.48 Å². The van der Waals surface area contributed by atoms with E-state index < -0.39 is 18.7 Å². The molecule has 0 aliphatic heterocycles. The standard InChI is InChI=1S/C10H17N3O5/c1-17-4-3-8-9(10(16)18-2)11-12-13(8)5-7(15)6-14/h7,14-15H,3-6H2,1-2H3. The fraction of sp³-hybridized carbons (Fsp3) is 0.700. The molecular weight excluding hydrogens is 242 g/mol. The minimum atomic E-state index is -0.960. The highest BCUT2D eigenvalue weighted by Gasteiger charge is 2.21. The molecule has 0 radical (unpaired) electrons. The van der Waals surface area contributed by atoms with Crippen molar-refractivity contribution < 1.29 is 24.5 Å². The first-order valence-electron chi connectivity index (χ1n) is 5.42. The Hall–Kier alpha value is -1.51. The van der Waals surface area contributed by atoms with Crippen molar-refractivity contribution in [3.8, 4) is 0 Å². The van der Waals surface area contributed by atoms with Crippen LogP contribution in [-0.2, 0) is 22.4 Å². The van der Waals surface area contributed by atoms with Crippen LogP contribution in [0.15, 0.2) is 0 Å². The quantitative estimate of drug-likeness (QED) is 0.580. The third kappa shape index (κ3) is 3.49. The van der Waals surface area contributed by atoms with Crippen LogP contribution in [0, 0.1) is 0 Å². The number of carbonyl (C=O) groups excluding carboxylic acids is 1. The zero-order valence-corrected chi connectivity index (χ0v) is 10.4. The number of aliphatic hydroxyl groups is 2. The van der Waals surface area contributed by atoms with Crippen molar-refractivity contribution in [1.82, 2.24) is 15.0 Å². The van der Waals surface area contributed by atoms with Crippen LogP contribution in [0.3, 0.4) is 0 Å². The number of methoxy groups -OCH3 is 2. The molecule has 8 nitrogen and oxygen atoms in total. The molecule has 0 aliphatic rings. The van der Waals surface area contributed by atoms with Crippen molar-refractivity contribution in [2.24, 2.45) is 0 Å². The van der Waals surface area contributed by atoms with Gasteiger partial charge in [0.15, 0.2) is 5.69 Å². The van der Waals surface area contributed by atoms with E-state index in [2.05, 4.69) is 15.0 Å². The molecule has 2 N–H and O–H groups in total. The lowest BCUT2D eigenvalue weighted by molar-refractivity contribution is 0.0591. The number of rotatable bonds is 7. The smallest absolute Gasteiger partial charge is 0.360 e. The minimum absolute atomic E-state index is 0.0551. The van der Waals surface area contributed by atoms with Gasteiger partial charge in [0.25, 0.3) is 0 Å². The van der Waals surface area contributed by atoms with Crippen molar-refractivity contribution in [2.75, 3.05) is 27.4 Å². The van der Waals surface area contributed by atoms with Gasteiger partial charge >= 0.3 is 5.97 Å². The van der Waals surface area contributed by atoms with Crippen LogP contribution < -0.4 is 0 Å². The van der Waals surface area contributed by atoms with Crippen LogP contribution in [0.25, 0.3) is 0 Å². The number of aromatic nitrogens is 3. The van der Waals surface area contributed by atoms with Gasteiger partial charge < -0.3 is 19.7 Å². The molecule has 0 spiro atoms. The summed E-state index contributed by atoms with van der Waals surface area (Å²) in [5.74, 6) is -0.592. The predicted molar refractivity (Wildman–Crippen MR) is 60.0 cm³/mol. The molecule has 0 aliphatic carbocycles. The molecule has 0 saturated heterocycles. The molecule has 1 aromatic heterocycles. The number of ether oxygens (including phenoxy) is 2. The van der Waals surface area contributed by atoms with Gasteiger partial charge in [0, 0.05) is 13.5 Å². The summed E-state index contributed by atoms with van der Waals surface area (Å²) in [5, 5.41) is 25.7. The van der Waals surface area contributed by atoms with Crippen LogP contribution in [-0.4, -0.2) is 64.7 Å². The highest BCUT2D eigenvalue weighted by molar-refractivity contribution is 5.88. The first-order chi connectivity index (χ1) is 8.63. The van der Waals surface area contributed by atoms with Crippen LogP contribution >= 0.6 is 0 Å². The van der Waals surface area contributed by atoms with Crippen LogP contribution in [0.4, 0.5) is 0 Å². The largest absolute Gasteiger partial charge is 0.464 e. The Bertz CT molecular complexity index is 393. The molecule has 0 amide bonds. The Labute approximate surface area is 104 Å². The molecule has 1 heterocycles. The Balaban J connectivity index is 2.95. The van der Waals surface area contributed by atoms with E-state index in [9.17, 15) is 9.90 Å². The van der Waals surface area contributed by atoms with Gasteiger partial charge in [-0.2, -0.15) is 0 Å². The second-order valence-corrected chi connectivity index (χ2v) is 3.64. The second kappa shape index (κ2) is 7.04. The molecule has 8 heteroatoms. The molecule has 0 bridgehead atoms. The van der Waals surface area contributed by atoms with E-state index in [0.717, 1.165) is 0 Å². The molecule has 0 fully saturated rings. The highest BCUT2D eigenvalue weighted by atomic mass is 16.5. The van der Waals surface area contributed by atoms with Gasteiger partial charge in [0.1, 0.15) is 0 Å². The van der Waals surface area contributed by atoms with E-state index in [1.54, 1.807) is 0 Å². The highest BCUT2D eigenvalue weighted by Crippen LogP contribution is 2.09. The van der Waals surface area contributed by atoms with Gasteiger partial charge in [-0.15, -0.1) is 5.10 Å². The van der Waals surface area contributed by atoms with Gasteiger partial charge in [-0.05, 0) is 0 Å². The number of aliphatic hydroxyl groups excluding tert-OH is 2. The average molecular weight is 259 g/mol. The van der Waals surface area contributed by atoms with Gasteiger partial charge in [-0.1, -0.05) is 5.21 Å². The average Bonchev–Trinajstić information content (AvgIpc) is 2.78. The lowest BCUT2D eigenvalue weighted by Gasteiger charge is -2.10. The number of hydrogen-bond acceptors (Lipinski definition) is 7. The first-order valence-corrected chi connectivity index (χ1v) is 5.42. The normalized spacial score (nSPS) is 12.4. The third-order valence-corrected chi connectivity index (χ3v) is 2.35. The fourth-order valence-corrected chi connectivity index (χ4v) is 1.44. The number of hydrogen-bond donors (Lipinski definition) is 2. The Morgan fingerprint density at radius 3 is 2.78 bits per heavy atom. The van der Waals surface area contributed by atoms with Crippen molar-refractivity contribution in [3.05, 3.63) is 11.4 Å². The molecule has 102 valence electrons. The Kier molecular flexibility index (Phi) is 5.69. The van der Waals surface area contributed by atoms with E-state index in [4.69, 9.17) is 9.84 Å².